The molecule has 108 valence electrons. The van der Waals surface area contributed by atoms with Crippen LogP contribution >= 0.6 is 0 Å². The van der Waals surface area contributed by atoms with Crippen LogP contribution in [-0.4, -0.2) is 17.6 Å². The molecule has 1 heterocycles. The molecule has 0 unspecified atom stereocenters. The summed E-state index contributed by atoms with van der Waals surface area (Å²) in [6, 6.07) is 2.06. The number of hydrogen-bond acceptors (Lipinski definition) is 3. The summed E-state index contributed by atoms with van der Waals surface area (Å²) in [7, 11) is 0. The maximum atomic E-state index is 12.2. The standard InChI is InChI=1S/C17H23NO2/c1-4-20-16(19)13-9-12-10-17(2,3)8-7-14(12)18-15(13)11-5-6-11/h9,11H,4-8,10H2,1-3H3. The highest BCUT2D eigenvalue weighted by molar-refractivity contribution is 5.91. The normalized spacial score (nSPS) is 20.4. The van der Waals surface area contributed by atoms with Crippen LogP contribution in [0.3, 0.4) is 0 Å². The second kappa shape index (κ2) is 4.87. The van der Waals surface area contributed by atoms with E-state index in [-0.39, 0.29) is 5.97 Å². The molecule has 20 heavy (non-hydrogen) atoms. The van der Waals surface area contributed by atoms with Gasteiger partial charge in [0.2, 0.25) is 0 Å². The van der Waals surface area contributed by atoms with E-state index in [0.29, 0.717) is 23.5 Å². The van der Waals surface area contributed by atoms with Crippen LogP contribution in [0.15, 0.2) is 6.07 Å². The Morgan fingerprint density at radius 2 is 2.20 bits per heavy atom. The molecular formula is C17H23NO2. The van der Waals surface area contributed by atoms with Crippen LogP contribution in [0.2, 0.25) is 0 Å². The molecule has 3 nitrogen and oxygen atoms in total. The van der Waals surface area contributed by atoms with Crippen molar-refractivity contribution in [2.45, 2.75) is 58.8 Å². The molecule has 2 aliphatic carbocycles. The van der Waals surface area contributed by atoms with E-state index in [0.717, 1.165) is 31.4 Å². The number of ether oxygens (including phenoxy) is 1. The molecule has 1 aromatic heterocycles. The van der Waals surface area contributed by atoms with Gasteiger partial charge in [0, 0.05) is 11.6 Å². The summed E-state index contributed by atoms with van der Waals surface area (Å²) in [6.45, 7) is 6.85. The minimum absolute atomic E-state index is 0.201. The van der Waals surface area contributed by atoms with Crippen LogP contribution < -0.4 is 0 Å². The molecule has 0 radical (unpaired) electrons. The molecule has 0 atom stereocenters. The lowest BCUT2D eigenvalue weighted by molar-refractivity contribution is 0.0524. The Labute approximate surface area is 120 Å². The Morgan fingerprint density at radius 3 is 2.85 bits per heavy atom. The van der Waals surface area contributed by atoms with Crippen molar-refractivity contribution in [1.29, 1.82) is 0 Å². The Balaban J connectivity index is 2.01. The van der Waals surface area contributed by atoms with E-state index in [1.807, 2.05) is 6.92 Å². The highest BCUT2D eigenvalue weighted by Gasteiger charge is 2.33. The number of hydrogen-bond donors (Lipinski definition) is 0. The molecule has 0 aromatic carbocycles. The molecule has 2 aliphatic rings. The predicted molar refractivity (Wildman–Crippen MR) is 78.0 cm³/mol. The average Bonchev–Trinajstić information content (AvgIpc) is 3.20. The van der Waals surface area contributed by atoms with E-state index in [1.165, 1.54) is 17.7 Å². The van der Waals surface area contributed by atoms with E-state index >= 15 is 0 Å². The number of aromatic nitrogens is 1. The van der Waals surface area contributed by atoms with E-state index in [2.05, 4.69) is 19.9 Å². The molecule has 3 heteroatoms. The quantitative estimate of drug-likeness (QED) is 0.789. The lowest BCUT2D eigenvalue weighted by Gasteiger charge is -2.31. The van der Waals surface area contributed by atoms with Gasteiger partial charge in [-0.15, -0.1) is 0 Å². The fourth-order valence-electron chi connectivity index (χ4n) is 3.08. The van der Waals surface area contributed by atoms with Gasteiger partial charge in [-0.1, -0.05) is 13.8 Å². The Morgan fingerprint density at radius 1 is 1.45 bits per heavy atom. The zero-order valence-corrected chi connectivity index (χ0v) is 12.7. The first-order chi connectivity index (χ1) is 9.50. The van der Waals surface area contributed by atoms with Gasteiger partial charge in [-0.2, -0.15) is 0 Å². The number of rotatable bonds is 3. The van der Waals surface area contributed by atoms with Gasteiger partial charge in [-0.05, 0) is 56.1 Å². The fraction of sp³-hybridized carbons (Fsp3) is 0.647. The maximum absolute atomic E-state index is 12.2. The Kier molecular flexibility index (Phi) is 3.31. The largest absolute Gasteiger partial charge is 0.462 e. The van der Waals surface area contributed by atoms with Crippen LogP contribution in [0.5, 0.6) is 0 Å². The van der Waals surface area contributed by atoms with Crippen molar-refractivity contribution in [3.63, 3.8) is 0 Å². The summed E-state index contributed by atoms with van der Waals surface area (Å²) >= 11 is 0. The van der Waals surface area contributed by atoms with Crippen molar-refractivity contribution < 1.29 is 9.53 Å². The van der Waals surface area contributed by atoms with Gasteiger partial charge in [-0.3, -0.25) is 4.98 Å². The number of pyridine rings is 1. The molecule has 0 aliphatic heterocycles. The summed E-state index contributed by atoms with van der Waals surface area (Å²) in [5.74, 6) is 0.280. The van der Waals surface area contributed by atoms with Gasteiger partial charge >= 0.3 is 5.97 Å². The van der Waals surface area contributed by atoms with Crippen molar-refractivity contribution >= 4 is 5.97 Å². The summed E-state index contributed by atoms with van der Waals surface area (Å²) in [5.41, 5.74) is 4.46. The second-order valence-corrected chi connectivity index (χ2v) is 6.86. The fourth-order valence-corrected chi connectivity index (χ4v) is 3.08. The average molecular weight is 273 g/mol. The van der Waals surface area contributed by atoms with Crippen LogP contribution in [0, 0.1) is 5.41 Å². The van der Waals surface area contributed by atoms with Gasteiger partial charge in [0.05, 0.1) is 17.9 Å². The van der Waals surface area contributed by atoms with Gasteiger partial charge in [0.1, 0.15) is 0 Å². The minimum Gasteiger partial charge on any atom is -0.462 e. The van der Waals surface area contributed by atoms with Crippen molar-refractivity contribution in [3.8, 4) is 0 Å². The molecule has 0 spiro atoms. The van der Waals surface area contributed by atoms with E-state index in [9.17, 15) is 4.79 Å². The van der Waals surface area contributed by atoms with Crippen molar-refractivity contribution in [1.82, 2.24) is 4.98 Å². The van der Waals surface area contributed by atoms with Crippen molar-refractivity contribution in [3.05, 3.63) is 28.6 Å². The Hall–Kier alpha value is -1.38. The molecule has 1 aromatic rings. The number of carbonyl (C=O) groups excluding carboxylic acids is 1. The van der Waals surface area contributed by atoms with Crippen LogP contribution in [0.25, 0.3) is 0 Å². The zero-order valence-electron chi connectivity index (χ0n) is 12.7. The zero-order chi connectivity index (χ0) is 14.3. The van der Waals surface area contributed by atoms with Gasteiger partial charge in [-0.25, -0.2) is 4.79 Å². The van der Waals surface area contributed by atoms with E-state index in [4.69, 9.17) is 9.72 Å². The monoisotopic (exact) mass is 273 g/mol. The first-order valence-electron chi connectivity index (χ1n) is 7.70. The number of carbonyl (C=O) groups is 1. The summed E-state index contributed by atoms with van der Waals surface area (Å²) < 4.78 is 5.21. The van der Waals surface area contributed by atoms with Crippen LogP contribution in [0.1, 0.15) is 73.3 Å². The van der Waals surface area contributed by atoms with E-state index < -0.39 is 0 Å². The molecule has 0 N–H and O–H groups in total. The molecule has 3 rings (SSSR count). The molecule has 1 fully saturated rings. The lowest BCUT2D eigenvalue weighted by Crippen LogP contribution is -2.24. The van der Waals surface area contributed by atoms with Crippen molar-refractivity contribution in [2.75, 3.05) is 6.61 Å². The highest BCUT2D eigenvalue weighted by atomic mass is 16.5. The van der Waals surface area contributed by atoms with Gasteiger partial charge < -0.3 is 4.74 Å². The van der Waals surface area contributed by atoms with E-state index in [1.54, 1.807) is 0 Å². The molecule has 1 saturated carbocycles. The first-order valence-corrected chi connectivity index (χ1v) is 7.70. The predicted octanol–water partition coefficient (Wildman–Crippen LogP) is 3.65. The summed E-state index contributed by atoms with van der Waals surface area (Å²) in [6.07, 6.45) is 5.53. The molecule has 0 amide bonds. The topological polar surface area (TPSA) is 39.2 Å². The van der Waals surface area contributed by atoms with Gasteiger partial charge in [0.15, 0.2) is 0 Å². The molecular weight excluding hydrogens is 250 g/mol. The maximum Gasteiger partial charge on any atom is 0.339 e. The van der Waals surface area contributed by atoms with Crippen LogP contribution in [0.4, 0.5) is 0 Å². The summed E-state index contributed by atoms with van der Waals surface area (Å²) in [4.78, 5) is 17.0. The van der Waals surface area contributed by atoms with Gasteiger partial charge in [0.25, 0.3) is 0 Å². The molecule has 0 saturated heterocycles. The third-order valence-corrected chi connectivity index (χ3v) is 4.39. The number of fused-ring (bicyclic) bond motifs is 1. The highest BCUT2D eigenvalue weighted by Crippen LogP contribution is 2.43. The smallest absolute Gasteiger partial charge is 0.339 e. The third kappa shape index (κ3) is 2.58. The lowest BCUT2D eigenvalue weighted by atomic mass is 9.75. The third-order valence-electron chi connectivity index (χ3n) is 4.39. The molecule has 0 bridgehead atoms. The number of esters is 1. The minimum atomic E-state index is -0.201. The summed E-state index contributed by atoms with van der Waals surface area (Å²) in [5, 5.41) is 0. The number of nitrogens with zero attached hydrogens (tertiary/aromatic N) is 1. The number of aryl methyl sites for hydroxylation is 1. The second-order valence-electron chi connectivity index (χ2n) is 6.86. The SMILES string of the molecule is CCOC(=O)c1cc2c(nc1C1CC1)CCC(C)(C)C2. The van der Waals surface area contributed by atoms with Crippen LogP contribution in [-0.2, 0) is 17.6 Å². The van der Waals surface area contributed by atoms with Crippen molar-refractivity contribution in [2.24, 2.45) is 5.41 Å². The first kappa shape index (κ1) is 13.6. The Bertz CT molecular complexity index is 544.